The fourth-order valence-corrected chi connectivity index (χ4v) is 3.07. The van der Waals surface area contributed by atoms with Gasteiger partial charge in [0.1, 0.15) is 0 Å². The van der Waals surface area contributed by atoms with Crippen LogP contribution in [0.2, 0.25) is 5.02 Å². The lowest BCUT2D eigenvalue weighted by Crippen LogP contribution is -2.27. The number of anilines is 2. The first-order chi connectivity index (χ1) is 10.0. The molecule has 0 spiro atoms. The van der Waals surface area contributed by atoms with Crippen molar-refractivity contribution in [3.63, 3.8) is 0 Å². The summed E-state index contributed by atoms with van der Waals surface area (Å²) < 4.78 is 1.75. The van der Waals surface area contributed by atoms with Crippen LogP contribution in [0.3, 0.4) is 0 Å². The molecular formula is C15H17ClN4O. The number of nitrogens with zero attached hydrogens (tertiary/aromatic N) is 3. The van der Waals surface area contributed by atoms with Gasteiger partial charge >= 0.3 is 0 Å². The van der Waals surface area contributed by atoms with Gasteiger partial charge in [0.25, 0.3) is 0 Å². The lowest BCUT2D eigenvalue weighted by atomic mass is 10.1. The van der Waals surface area contributed by atoms with E-state index < -0.39 is 0 Å². The van der Waals surface area contributed by atoms with Crippen LogP contribution in [0.15, 0.2) is 18.2 Å². The van der Waals surface area contributed by atoms with E-state index in [2.05, 4.69) is 5.10 Å². The molecule has 0 unspecified atom stereocenters. The summed E-state index contributed by atoms with van der Waals surface area (Å²) in [6.07, 6.45) is 1.16. The van der Waals surface area contributed by atoms with Gasteiger partial charge in [-0.15, -0.1) is 0 Å². The fraction of sp³-hybridized carbons (Fsp3) is 0.333. The number of amides is 1. The topological polar surface area (TPSA) is 64.2 Å². The minimum absolute atomic E-state index is 0.0610. The van der Waals surface area contributed by atoms with E-state index in [1.807, 2.05) is 32.2 Å². The number of fused-ring (bicyclic) bond motifs is 1. The van der Waals surface area contributed by atoms with Crippen LogP contribution in [0.1, 0.15) is 23.9 Å². The second-order valence-corrected chi connectivity index (χ2v) is 5.61. The highest BCUT2D eigenvalue weighted by Crippen LogP contribution is 2.33. The highest BCUT2D eigenvalue weighted by molar-refractivity contribution is 6.32. The van der Waals surface area contributed by atoms with E-state index in [9.17, 15) is 4.79 Å². The number of aromatic nitrogens is 2. The van der Waals surface area contributed by atoms with Crippen molar-refractivity contribution in [1.82, 2.24) is 9.78 Å². The van der Waals surface area contributed by atoms with Crippen molar-refractivity contribution in [3.05, 3.63) is 40.2 Å². The molecule has 0 saturated carbocycles. The lowest BCUT2D eigenvalue weighted by Gasteiger charge is -2.18. The molecule has 0 fully saturated rings. The van der Waals surface area contributed by atoms with Crippen molar-refractivity contribution < 1.29 is 4.79 Å². The molecule has 0 atom stereocenters. The quantitative estimate of drug-likeness (QED) is 0.885. The summed E-state index contributed by atoms with van der Waals surface area (Å²) in [5.74, 6) is 0.0610. The van der Waals surface area contributed by atoms with Crippen LogP contribution in [0.4, 0.5) is 11.4 Å². The van der Waals surface area contributed by atoms with Crippen LogP contribution < -0.4 is 10.6 Å². The summed E-state index contributed by atoms with van der Waals surface area (Å²) in [5.41, 5.74) is 10.0. The number of hydrogen-bond donors (Lipinski definition) is 1. The molecule has 0 aliphatic carbocycles. The lowest BCUT2D eigenvalue weighted by molar-refractivity contribution is -0.117. The third kappa shape index (κ3) is 2.27. The van der Waals surface area contributed by atoms with Gasteiger partial charge < -0.3 is 10.6 Å². The molecule has 1 aliphatic heterocycles. The molecule has 3 rings (SSSR count). The van der Waals surface area contributed by atoms with Crippen molar-refractivity contribution in [2.75, 3.05) is 10.6 Å². The summed E-state index contributed by atoms with van der Waals surface area (Å²) in [4.78, 5) is 14.0. The number of hydrogen-bond acceptors (Lipinski definition) is 3. The number of halogens is 1. The maximum Gasteiger partial charge on any atom is 0.231 e. The van der Waals surface area contributed by atoms with Gasteiger partial charge in [-0.3, -0.25) is 9.48 Å². The number of nitrogen functional groups attached to an aromatic ring is 1. The highest BCUT2D eigenvalue weighted by atomic mass is 35.5. The number of carbonyl (C=O) groups excluding carboxylic acids is 1. The van der Waals surface area contributed by atoms with Crippen LogP contribution in [0.5, 0.6) is 0 Å². The Labute approximate surface area is 128 Å². The van der Waals surface area contributed by atoms with Crippen LogP contribution in [-0.2, 0) is 31.2 Å². The predicted molar refractivity (Wildman–Crippen MR) is 83.3 cm³/mol. The summed E-state index contributed by atoms with van der Waals surface area (Å²) in [5, 5.41) is 5.04. The Balaban J connectivity index is 1.96. The normalized spacial score (nSPS) is 13.9. The van der Waals surface area contributed by atoms with Gasteiger partial charge in [0.15, 0.2) is 0 Å². The molecule has 0 radical (unpaired) electrons. The standard InChI is InChI=1S/C15H17ClN4O/c1-3-11-15(16)13(19(2)18-11)8-20-12-5-4-10(17)6-9(12)7-14(20)21/h4-6H,3,7-8,17H2,1-2H3. The Kier molecular flexibility index (Phi) is 3.37. The Morgan fingerprint density at radius 3 is 2.86 bits per heavy atom. The van der Waals surface area contributed by atoms with Gasteiger partial charge in [0.2, 0.25) is 5.91 Å². The summed E-state index contributed by atoms with van der Waals surface area (Å²) in [6, 6.07) is 5.56. The molecule has 21 heavy (non-hydrogen) atoms. The van der Waals surface area contributed by atoms with E-state index in [-0.39, 0.29) is 5.91 Å². The summed E-state index contributed by atoms with van der Waals surface area (Å²) in [7, 11) is 1.85. The average molecular weight is 305 g/mol. The van der Waals surface area contributed by atoms with Gasteiger partial charge in [-0.25, -0.2) is 0 Å². The largest absolute Gasteiger partial charge is 0.399 e. The number of rotatable bonds is 3. The van der Waals surface area contributed by atoms with E-state index in [4.69, 9.17) is 17.3 Å². The minimum atomic E-state index is 0.0610. The summed E-state index contributed by atoms with van der Waals surface area (Å²) in [6.45, 7) is 2.44. The highest BCUT2D eigenvalue weighted by Gasteiger charge is 2.29. The molecule has 2 aromatic rings. The number of carbonyl (C=O) groups is 1. The molecule has 2 heterocycles. The van der Waals surface area contributed by atoms with Crippen molar-refractivity contribution in [2.45, 2.75) is 26.3 Å². The molecule has 0 bridgehead atoms. The fourth-order valence-electron chi connectivity index (χ4n) is 2.72. The molecule has 1 amide bonds. The van der Waals surface area contributed by atoms with Crippen LogP contribution in [0.25, 0.3) is 0 Å². The molecule has 1 aliphatic rings. The van der Waals surface area contributed by atoms with Crippen molar-refractivity contribution in [1.29, 1.82) is 0 Å². The molecule has 0 saturated heterocycles. The van der Waals surface area contributed by atoms with Crippen LogP contribution in [-0.4, -0.2) is 15.7 Å². The number of aryl methyl sites for hydroxylation is 2. The molecule has 110 valence electrons. The zero-order chi connectivity index (χ0) is 15.1. The molecule has 1 aromatic carbocycles. The van der Waals surface area contributed by atoms with E-state index in [0.717, 1.165) is 29.1 Å². The molecule has 2 N–H and O–H groups in total. The van der Waals surface area contributed by atoms with Gasteiger partial charge in [0.05, 0.1) is 29.4 Å². The van der Waals surface area contributed by atoms with Gasteiger partial charge in [-0.05, 0) is 30.2 Å². The maximum atomic E-state index is 12.3. The molecule has 6 heteroatoms. The van der Waals surface area contributed by atoms with Gasteiger partial charge in [-0.1, -0.05) is 18.5 Å². The Bertz CT molecular complexity index is 723. The first kappa shape index (κ1) is 13.9. The van der Waals surface area contributed by atoms with Gasteiger partial charge in [-0.2, -0.15) is 5.10 Å². The van der Waals surface area contributed by atoms with E-state index >= 15 is 0 Å². The minimum Gasteiger partial charge on any atom is -0.399 e. The van der Waals surface area contributed by atoms with E-state index in [1.165, 1.54) is 0 Å². The van der Waals surface area contributed by atoms with E-state index in [0.29, 0.717) is 23.7 Å². The summed E-state index contributed by atoms with van der Waals surface area (Å²) >= 11 is 6.37. The van der Waals surface area contributed by atoms with E-state index in [1.54, 1.807) is 9.58 Å². The Morgan fingerprint density at radius 1 is 1.43 bits per heavy atom. The Morgan fingerprint density at radius 2 is 2.19 bits per heavy atom. The predicted octanol–water partition coefficient (Wildman–Crippen LogP) is 2.31. The third-order valence-corrected chi connectivity index (χ3v) is 4.28. The smallest absolute Gasteiger partial charge is 0.231 e. The number of nitrogens with two attached hydrogens (primary N) is 1. The van der Waals surface area contributed by atoms with Crippen molar-refractivity contribution in [2.24, 2.45) is 7.05 Å². The van der Waals surface area contributed by atoms with Crippen LogP contribution >= 0.6 is 11.6 Å². The monoisotopic (exact) mass is 304 g/mol. The Hall–Kier alpha value is -2.01. The first-order valence-corrected chi connectivity index (χ1v) is 7.28. The number of benzene rings is 1. The maximum absolute atomic E-state index is 12.3. The SMILES string of the molecule is CCc1nn(C)c(CN2C(=O)Cc3cc(N)ccc32)c1Cl. The van der Waals surface area contributed by atoms with Crippen LogP contribution in [0, 0.1) is 0 Å². The third-order valence-electron chi connectivity index (χ3n) is 3.85. The zero-order valence-electron chi connectivity index (χ0n) is 12.1. The van der Waals surface area contributed by atoms with Crippen molar-refractivity contribution in [3.8, 4) is 0 Å². The second kappa shape index (κ2) is 5.07. The van der Waals surface area contributed by atoms with Gasteiger partial charge in [0, 0.05) is 18.4 Å². The molecule has 1 aromatic heterocycles. The first-order valence-electron chi connectivity index (χ1n) is 6.90. The zero-order valence-corrected chi connectivity index (χ0v) is 12.8. The molecular weight excluding hydrogens is 288 g/mol. The molecule has 5 nitrogen and oxygen atoms in total. The van der Waals surface area contributed by atoms with Crippen molar-refractivity contribution >= 4 is 28.9 Å². The average Bonchev–Trinajstić information content (AvgIpc) is 2.89. The second-order valence-electron chi connectivity index (χ2n) is 5.23.